The van der Waals surface area contributed by atoms with Crippen LogP contribution in [0.1, 0.15) is 54.9 Å². The van der Waals surface area contributed by atoms with Crippen LogP contribution in [0.3, 0.4) is 0 Å². The molecule has 1 aromatic rings. The lowest BCUT2D eigenvalue weighted by molar-refractivity contribution is -0.151. The first-order chi connectivity index (χ1) is 15.3. The van der Waals surface area contributed by atoms with E-state index in [2.05, 4.69) is 10.2 Å². The van der Waals surface area contributed by atoms with Crippen molar-refractivity contribution in [1.82, 2.24) is 10.2 Å². The maximum absolute atomic E-state index is 13.1. The van der Waals surface area contributed by atoms with Crippen molar-refractivity contribution in [3.8, 4) is 0 Å². The van der Waals surface area contributed by atoms with Crippen LogP contribution in [0.15, 0.2) is 24.3 Å². The van der Waals surface area contributed by atoms with Crippen LogP contribution in [0.2, 0.25) is 0 Å². The van der Waals surface area contributed by atoms with Crippen molar-refractivity contribution in [3.63, 3.8) is 0 Å². The highest BCUT2D eigenvalue weighted by molar-refractivity contribution is 5.94. The Morgan fingerprint density at radius 1 is 1.12 bits per heavy atom. The van der Waals surface area contributed by atoms with E-state index in [1.807, 2.05) is 24.3 Å². The molecule has 1 aromatic carbocycles. The Labute approximate surface area is 189 Å². The third kappa shape index (κ3) is 3.97. The third-order valence-electron chi connectivity index (χ3n) is 8.31. The minimum Gasteiger partial charge on any atom is -0.369 e. The average molecular weight is 440 g/mol. The van der Waals surface area contributed by atoms with Gasteiger partial charge >= 0.3 is 0 Å². The van der Waals surface area contributed by atoms with E-state index in [9.17, 15) is 14.4 Å². The Hall–Kier alpha value is -2.25. The zero-order valence-electron chi connectivity index (χ0n) is 18.7. The molecule has 0 spiro atoms. The SMILES string of the molecule is CC(=O)c1ccc(CN2CCO[C@@H](C(=O)NC3C4CC5CC3CC(C(N)=O)(C5)C4)C2)cc1. The van der Waals surface area contributed by atoms with E-state index in [0.717, 1.165) is 50.8 Å². The van der Waals surface area contributed by atoms with Crippen molar-refractivity contribution in [2.24, 2.45) is 28.9 Å². The van der Waals surface area contributed by atoms with Gasteiger partial charge in [-0.2, -0.15) is 0 Å². The van der Waals surface area contributed by atoms with Crippen molar-refractivity contribution in [2.45, 2.75) is 57.7 Å². The lowest BCUT2D eigenvalue weighted by Crippen LogP contribution is -2.63. The fourth-order valence-corrected chi connectivity index (χ4v) is 6.93. The molecule has 6 rings (SSSR count). The molecule has 3 atom stereocenters. The molecule has 7 nitrogen and oxygen atoms in total. The number of benzene rings is 1. The fourth-order valence-electron chi connectivity index (χ4n) is 6.93. The number of nitrogens with one attached hydrogen (secondary N) is 1. The highest BCUT2D eigenvalue weighted by Crippen LogP contribution is 2.59. The first-order valence-electron chi connectivity index (χ1n) is 11.9. The van der Waals surface area contributed by atoms with Crippen LogP contribution in [0, 0.1) is 23.2 Å². The maximum Gasteiger partial charge on any atom is 0.250 e. The minimum atomic E-state index is -0.484. The molecule has 4 bridgehead atoms. The standard InChI is InChI=1S/C25H33N3O4/c1-15(29)18-4-2-16(3-5-18)13-28-6-7-32-21(14-28)23(30)27-22-19-8-17-9-20(22)12-25(10-17,11-19)24(26)31/h2-5,17,19-22H,6-14H2,1H3,(H2,26,31)(H,27,30)/t17?,19?,20?,21-,22?,25?/m1/s1. The van der Waals surface area contributed by atoms with Crippen LogP contribution in [-0.4, -0.2) is 54.3 Å². The summed E-state index contributed by atoms with van der Waals surface area (Å²) in [6.45, 7) is 4.14. The van der Waals surface area contributed by atoms with Gasteiger partial charge in [-0.05, 0) is 62.3 Å². The van der Waals surface area contributed by atoms with E-state index in [1.165, 1.54) is 0 Å². The Morgan fingerprint density at radius 2 is 1.81 bits per heavy atom. The average Bonchev–Trinajstić information content (AvgIpc) is 2.76. The van der Waals surface area contributed by atoms with Gasteiger partial charge in [-0.1, -0.05) is 24.3 Å². The highest BCUT2D eigenvalue weighted by Gasteiger charge is 2.58. The number of primary amides is 1. The zero-order valence-corrected chi connectivity index (χ0v) is 18.7. The number of nitrogens with two attached hydrogens (primary N) is 1. The molecule has 2 amide bonds. The predicted molar refractivity (Wildman–Crippen MR) is 119 cm³/mol. The van der Waals surface area contributed by atoms with Crippen LogP contribution >= 0.6 is 0 Å². The second kappa shape index (κ2) is 8.27. The number of hydrogen-bond acceptors (Lipinski definition) is 5. The Kier molecular flexibility index (Phi) is 5.58. The van der Waals surface area contributed by atoms with Gasteiger partial charge < -0.3 is 15.8 Å². The van der Waals surface area contributed by atoms with Crippen LogP contribution in [0.25, 0.3) is 0 Å². The Bertz CT molecular complexity index is 898. The number of morpholine rings is 1. The summed E-state index contributed by atoms with van der Waals surface area (Å²) in [7, 11) is 0. The zero-order chi connectivity index (χ0) is 22.5. The molecule has 1 saturated heterocycles. The number of rotatable bonds is 6. The molecule has 2 unspecified atom stereocenters. The molecular formula is C25H33N3O4. The van der Waals surface area contributed by atoms with E-state index < -0.39 is 6.10 Å². The van der Waals surface area contributed by atoms with E-state index in [4.69, 9.17) is 10.5 Å². The second-order valence-corrected chi connectivity index (χ2v) is 10.5. The summed E-state index contributed by atoms with van der Waals surface area (Å²) in [6, 6.07) is 7.79. The first-order valence-corrected chi connectivity index (χ1v) is 11.9. The highest BCUT2D eigenvalue weighted by atomic mass is 16.5. The van der Waals surface area contributed by atoms with Gasteiger partial charge in [-0.3, -0.25) is 19.3 Å². The summed E-state index contributed by atoms with van der Waals surface area (Å²) >= 11 is 0. The van der Waals surface area contributed by atoms with Crippen molar-refractivity contribution in [2.75, 3.05) is 19.7 Å². The molecule has 0 radical (unpaired) electrons. The molecule has 1 heterocycles. The summed E-state index contributed by atoms with van der Waals surface area (Å²) in [5.41, 5.74) is 7.28. The third-order valence-corrected chi connectivity index (χ3v) is 8.31. The van der Waals surface area contributed by atoms with E-state index in [-0.39, 0.29) is 29.1 Å². The maximum atomic E-state index is 13.1. The summed E-state index contributed by atoms with van der Waals surface area (Å²) in [4.78, 5) is 39.0. The van der Waals surface area contributed by atoms with Crippen LogP contribution < -0.4 is 11.1 Å². The molecule has 0 aromatic heterocycles. The van der Waals surface area contributed by atoms with Crippen LogP contribution in [0.4, 0.5) is 0 Å². The normalized spacial score (nSPS) is 36.1. The van der Waals surface area contributed by atoms with Gasteiger partial charge in [0.2, 0.25) is 5.91 Å². The quantitative estimate of drug-likeness (QED) is 0.659. The number of hydrogen-bond donors (Lipinski definition) is 2. The van der Waals surface area contributed by atoms with Gasteiger partial charge in [0.1, 0.15) is 6.10 Å². The largest absolute Gasteiger partial charge is 0.369 e. The lowest BCUT2D eigenvalue weighted by Gasteiger charge is -2.59. The number of carbonyl (C=O) groups excluding carboxylic acids is 3. The van der Waals surface area contributed by atoms with Gasteiger partial charge in [0.15, 0.2) is 5.78 Å². The van der Waals surface area contributed by atoms with Gasteiger partial charge in [-0.25, -0.2) is 0 Å². The molecule has 1 aliphatic heterocycles. The number of carbonyl (C=O) groups is 3. The van der Waals surface area contributed by atoms with Gasteiger partial charge in [0.05, 0.1) is 6.61 Å². The van der Waals surface area contributed by atoms with Gasteiger partial charge in [0.25, 0.3) is 5.91 Å². The van der Waals surface area contributed by atoms with E-state index in [0.29, 0.717) is 36.5 Å². The summed E-state index contributed by atoms with van der Waals surface area (Å²) in [6.07, 6.45) is 4.25. The summed E-state index contributed by atoms with van der Waals surface area (Å²) in [5.74, 6) is 1.14. The van der Waals surface area contributed by atoms with Gasteiger partial charge in [-0.15, -0.1) is 0 Å². The number of Topliss-reactive ketones (excluding diaryl/α,β-unsaturated/α-hetero) is 1. The molecule has 172 valence electrons. The molecule has 4 aliphatic carbocycles. The molecule has 4 saturated carbocycles. The van der Waals surface area contributed by atoms with E-state index >= 15 is 0 Å². The molecule has 7 heteroatoms. The van der Waals surface area contributed by atoms with Crippen LogP contribution in [0.5, 0.6) is 0 Å². The fraction of sp³-hybridized carbons (Fsp3) is 0.640. The lowest BCUT2D eigenvalue weighted by atomic mass is 9.47. The number of amides is 2. The van der Waals surface area contributed by atoms with Crippen molar-refractivity contribution in [1.29, 1.82) is 0 Å². The molecule has 5 aliphatic rings. The summed E-state index contributed by atoms with van der Waals surface area (Å²) in [5, 5.41) is 3.31. The minimum absolute atomic E-state index is 0.0350. The second-order valence-electron chi connectivity index (χ2n) is 10.5. The smallest absolute Gasteiger partial charge is 0.250 e. The van der Waals surface area contributed by atoms with E-state index in [1.54, 1.807) is 6.92 Å². The first kappa shape index (κ1) is 21.6. The number of nitrogens with zero attached hydrogens (tertiary/aromatic N) is 1. The monoisotopic (exact) mass is 439 g/mol. The molecule has 32 heavy (non-hydrogen) atoms. The molecular weight excluding hydrogens is 406 g/mol. The van der Waals surface area contributed by atoms with Crippen molar-refractivity contribution >= 4 is 17.6 Å². The Morgan fingerprint density at radius 3 is 2.44 bits per heavy atom. The van der Waals surface area contributed by atoms with Crippen molar-refractivity contribution < 1.29 is 19.1 Å². The molecule has 5 fully saturated rings. The topological polar surface area (TPSA) is 102 Å². The Balaban J connectivity index is 1.19. The van der Waals surface area contributed by atoms with Crippen LogP contribution in [-0.2, 0) is 20.9 Å². The number of ketones is 1. The van der Waals surface area contributed by atoms with Crippen molar-refractivity contribution in [3.05, 3.63) is 35.4 Å². The number of ether oxygens (including phenoxy) is 1. The summed E-state index contributed by atoms with van der Waals surface area (Å²) < 4.78 is 5.84. The molecule has 3 N–H and O–H groups in total. The van der Waals surface area contributed by atoms with Gasteiger partial charge in [0, 0.05) is 36.7 Å². The predicted octanol–water partition coefficient (Wildman–Crippen LogP) is 1.89.